The van der Waals surface area contributed by atoms with E-state index < -0.39 is 16.0 Å². The molecular formula is C18H21NO5S2. The number of benzene rings is 1. The van der Waals surface area contributed by atoms with E-state index in [1.807, 2.05) is 31.4 Å². The smallest absolute Gasteiger partial charge is 0.338 e. The fourth-order valence-electron chi connectivity index (χ4n) is 2.85. The number of carbonyl (C=O) groups excluding carboxylic acids is 1. The second kappa shape index (κ2) is 7.87. The van der Waals surface area contributed by atoms with Gasteiger partial charge in [-0.25, -0.2) is 13.2 Å². The van der Waals surface area contributed by atoms with Crippen LogP contribution >= 0.6 is 11.3 Å². The number of rotatable bonds is 5. The topological polar surface area (TPSA) is 72.9 Å². The number of hydrogen-bond donors (Lipinski definition) is 0. The summed E-state index contributed by atoms with van der Waals surface area (Å²) in [4.78, 5) is 13.2. The van der Waals surface area contributed by atoms with Crippen molar-refractivity contribution >= 4 is 27.3 Å². The summed E-state index contributed by atoms with van der Waals surface area (Å²) >= 11 is 1.51. The molecule has 26 heavy (non-hydrogen) atoms. The fourth-order valence-corrected chi connectivity index (χ4v) is 5.06. The molecule has 0 amide bonds. The number of carbonyl (C=O) groups is 1. The molecule has 140 valence electrons. The highest BCUT2D eigenvalue weighted by Crippen LogP contribution is 2.22. The van der Waals surface area contributed by atoms with Crippen LogP contribution in [0.3, 0.4) is 0 Å². The van der Waals surface area contributed by atoms with Crippen LogP contribution in [0.4, 0.5) is 0 Å². The zero-order chi connectivity index (χ0) is 18.7. The predicted molar refractivity (Wildman–Crippen MR) is 98.6 cm³/mol. The van der Waals surface area contributed by atoms with E-state index in [1.54, 1.807) is 0 Å². The molecule has 2 aromatic rings. The first-order valence-corrected chi connectivity index (χ1v) is 10.6. The Morgan fingerprint density at radius 3 is 2.42 bits per heavy atom. The molecule has 2 heterocycles. The van der Waals surface area contributed by atoms with Gasteiger partial charge in [-0.05, 0) is 49.6 Å². The van der Waals surface area contributed by atoms with E-state index >= 15 is 0 Å². The molecule has 1 aliphatic rings. The Bertz CT molecular complexity index is 836. The van der Waals surface area contributed by atoms with Gasteiger partial charge in [-0.2, -0.15) is 4.31 Å². The zero-order valence-corrected chi connectivity index (χ0v) is 16.3. The van der Waals surface area contributed by atoms with Crippen molar-refractivity contribution in [1.82, 2.24) is 4.31 Å². The third-order valence-corrected chi connectivity index (χ3v) is 6.74. The van der Waals surface area contributed by atoms with Gasteiger partial charge >= 0.3 is 5.97 Å². The van der Waals surface area contributed by atoms with Crippen LogP contribution in [-0.4, -0.2) is 44.0 Å². The first-order chi connectivity index (χ1) is 12.4. The summed E-state index contributed by atoms with van der Waals surface area (Å²) in [6, 6.07) is 9.64. The van der Waals surface area contributed by atoms with Crippen molar-refractivity contribution in [3.05, 3.63) is 52.2 Å². The molecular weight excluding hydrogens is 374 g/mol. The van der Waals surface area contributed by atoms with Gasteiger partial charge in [-0.3, -0.25) is 0 Å². The molecule has 0 aliphatic carbocycles. The van der Waals surface area contributed by atoms with E-state index in [2.05, 4.69) is 0 Å². The molecule has 1 aromatic heterocycles. The van der Waals surface area contributed by atoms with Crippen molar-refractivity contribution < 1.29 is 22.7 Å². The van der Waals surface area contributed by atoms with Crippen molar-refractivity contribution in [1.29, 1.82) is 0 Å². The van der Waals surface area contributed by atoms with Crippen LogP contribution in [0.25, 0.3) is 0 Å². The molecule has 0 spiro atoms. The van der Waals surface area contributed by atoms with Gasteiger partial charge in [0.2, 0.25) is 10.0 Å². The van der Waals surface area contributed by atoms with Crippen LogP contribution in [0.15, 0.2) is 46.7 Å². The fraction of sp³-hybridized carbons (Fsp3) is 0.389. The van der Waals surface area contributed by atoms with Crippen LogP contribution in [0.1, 0.15) is 29.1 Å². The van der Waals surface area contributed by atoms with Crippen LogP contribution in [-0.2, 0) is 26.1 Å². The minimum absolute atomic E-state index is 0.153. The van der Waals surface area contributed by atoms with Gasteiger partial charge in [0.05, 0.1) is 22.7 Å². The second-order valence-corrected chi connectivity index (χ2v) is 9.23. The molecule has 0 N–H and O–H groups in total. The van der Waals surface area contributed by atoms with Crippen molar-refractivity contribution in [3.8, 4) is 0 Å². The van der Waals surface area contributed by atoms with E-state index in [0.717, 1.165) is 4.88 Å². The van der Waals surface area contributed by atoms with Gasteiger partial charge in [-0.1, -0.05) is 6.07 Å². The molecule has 2 atom stereocenters. The van der Waals surface area contributed by atoms with Crippen LogP contribution in [0, 0.1) is 0 Å². The molecule has 3 rings (SSSR count). The first kappa shape index (κ1) is 19.0. The van der Waals surface area contributed by atoms with Gasteiger partial charge in [0.15, 0.2) is 0 Å². The zero-order valence-electron chi connectivity index (χ0n) is 14.6. The lowest BCUT2D eigenvalue weighted by molar-refractivity contribution is -0.0440. The summed E-state index contributed by atoms with van der Waals surface area (Å²) in [7, 11) is -3.62. The number of nitrogens with zero attached hydrogens (tertiary/aromatic N) is 1. The third-order valence-electron chi connectivity index (χ3n) is 4.04. The maximum absolute atomic E-state index is 12.8. The van der Waals surface area contributed by atoms with Crippen LogP contribution in [0.5, 0.6) is 0 Å². The van der Waals surface area contributed by atoms with Crippen molar-refractivity contribution in [2.45, 2.75) is 37.6 Å². The molecule has 1 saturated heterocycles. The maximum Gasteiger partial charge on any atom is 0.338 e. The Morgan fingerprint density at radius 1 is 1.19 bits per heavy atom. The highest BCUT2D eigenvalue weighted by molar-refractivity contribution is 7.89. The first-order valence-electron chi connectivity index (χ1n) is 8.31. The van der Waals surface area contributed by atoms with Gasteiger partial charge in [0.1, 0.15) is 6.61 Å². The summed E-state index contributed by atoms with van der Waals surface area (Å²) in [5.41, 5.74) is 0.323. The lowest BCUT2D eigenvalue weighted by Gasteiger charge is -2.34. The predicted octanol–water partition coefficient (Wildman–Crippen LogP) is 2.90. The lowest BCUT2D eigenvalue weighted by atomic mass is 10.2. The van der Waals surface area contributed by atoms with Gasteiger partial charge in [-0.15, -0.1) is 11.3 Å². The number of esters is 1. The van der Waals surface area contributed by atoms with Crippen LogP contribution in [0.2, 0.25) is 0 Å². The summed E-state index contributed by atoms with van der Waals surface area (Å²) in [6.45, 7) is 4.55. The quantitative estimate of drug-likeness (QED) is 0.728. The van der Waals surface area contributed by atoms with E-state index in [1.165, 1.54) is 39.9 Å². The largest absolute Gasteiger partial charge is 0.456 e. The Labute approximate surface area is 157 Å². The van der Waals surface area contributed by atoms with Crippen molar-refractivity contribution in [2.75, 3.05) is 13.1 Å². The van der Waals surface area contributed by atoms with E-state index in [-0.39, 0.29) is 23.7 Å². The standard InChI is InChI=1S/C18H21NO5S2/c1-13-10-19(11-14(2)24-13)26(21,22)17-7-5-15(6-8-17)18(20)23-12-16-4-3-9-25-16/h3-9,13-14H,10-12H2,1-2H3/t13-,14+. The minimum Gasteiger partial charge on any atom is -0.456 e. The summed E-state index contributed by atoms with van der Waals surface area (Å²) in [6.07, 6.45) is -0.306. The average molecular weight is 396 g/mol. The Morgan fingerprint density at radius 2 is 1.85 bits per heavy atom. The highest BCUT2D eigenvalue weighted by Gasteiger charge is 2.32. The molecule has 0 unspecified atom stereocenters. The SMILES string of the molecule is C[C@@H]1CN(S(=O)(=O)c2ccc(C(=O)OCc3cccs3)cc2)C[C@H](C)O1. The highest BCUT2D eigenvalue weighted by atomic mass is 32.2. The molecule has 1 aromatic carbocycles. The van der Waals surface area contributed by atoms with Crippen LogP contribution < -0.4 is 0 Å². The van der Waals surface area contributed by atoms with Crippen molar-refractivity contribution in [2.24, 2.45) is 0 Å². The van der Waals surface area contributed by atoms with Gasteiger partial charge in [0, 0.05) is 18.0 Å². The summed E-state index contributed by atoms with van der Waals surface area (Å²) < 4.78 is 37.8. The van der Waals surface area contributed by atoms with E-state index in [0.29, 0.717) is 18.7 Å². The Hall–Kier alpha value is -1.74. The Kier molecular flexibility index (Phi) is 5.76. The second-order valence-electron chi connectivity index (χ2n) is 6.26. The average Bonchev–Trinajstić information content (AvgIpc) is 3.12. The van der Waals surface area contributed by atoms with E-state index in [9.17, 15) is 13.2 Å². The number of ether oxygens (including phenoxy) is 2. The molecule has 1 fully saturated rings. The number of hydrogen-bond acceptors (Lipinski definition) is 6. The van der Waals surface area contributed by atoms with E-state index in [4.69, 9.17) is 9.47 Å². The number of thiophene rings is 1. The molecule has 0 saturated carbocycles. The normalized spacial score (nSPS) is 21.5. The van der Waals surface area contributed by atoms with Crippen molar-refractivity contribution in [3.63, 3.8) is 0 Å². The summed E-state index contributed by atoms with van der Waals surface area (Å²) in [5.74, 6) is -0.476. The monoisotopic (exact) mass is 395 g/mol. The molecule has 8 heteroatoms. The summed E-state index contributed by atoms with van der Waals surface area (Å²) in [5, 5.41) is 1.91. The number of sulfonamides is 1. The molecule has 0 bridgehead atoms. The Balaban J connectivity index is 1.69. The minimum atomic E-state index is -3.62. The third kappa shape index (κ3) is 4.32. The lowest BCUT2D eigenvalue weighted by Crippen LogP contribution is -2.48. The molecule has 6 nitrogen and oxygen atoms in total. The van der Waals surface area contributed by atoms with Gasteiger partial charge in [0.25, 0.3) is 0 Å². The molecule has 1 aliphatic heterocycles. The maximum atomic E-state index is 12.8. The molecule has 0 radical (unpaired) electrons. The van der Waals surface area contributed by atoms with Gasteiger partial charge < -0.3 is 9.47 Å². The number of morpholine rings is 1.